The van der Waals surface area contributed by atoms with Crippen LogP contribution in [0, 0.1) is 11.3 Å². The van der Waals surface area contributed by atoms with Crippen LogP contribution < -0.4 is 5.32 Å². The zero-order valence-corrected chi connectivity index (χ0v) is 14.0. The second-order valence-electron chi connectivity index (χ2n) is 5.49. The zero-order chi connectivity index (χ0) is 17.8. The highest BCUT2D eigenvalue weighted by Gasteiger charge is 2.26. The minimum absolute atomic E-state index is 0.177. The van der Waals surface area contributed by atoms with E-state index in [0.717, 1.165) is 0 Å². The number of nitriles is 1. The molecule has 25 heavy (non-hydrogen) atoms. The fourth-order valence-electron chi connectivity index (χ4n) is 2.55. The van der Waals surface area contributed by atoms with Crippen molar-refractivity contribution in [3.05, 3.63) is 52.9 Å². The van der Waals surface area contributed by atoms with Gasteiger partial charge in [-0.1, -0.05) is 11.6 Å². The normalized spacial score (nSPS) is 14.1. The van der Waals surface area contributed by atoms with E-state index in [0.29, 0.717) is 43.2 Å². The summed E-state index contributed by atoms with van der Waals surface area (Å²) < 4.78 is 5.11. The summed E-state index contributed by atoms with van der Waals surface area (Å²) in [5, 5.41) is 11.9. The molecule has 2 heterocycles. The van der Waals surface area contributed by atoms with Gasteiger partial charge in [0.15, 0.2) is 5.76 Å². The SMILES string of the molecule is N#Cc1ccc(NC(=O)N2CCN(C(=O)c3ccco3)CC2)cc1Cl. The molecule has 0 aliphatic carbocycles. The van der Waals surface area contributed by atoms with E-state index in [9.17, 15) is 9.59 Å². The van der Waals surface area contributed by atoms with Crippen LogP contribution in [0.25, 0.3) is 0 Å². The molecule has 2 aromatic rings. The van der Waals surface area contributed by atoms with Crippen LogP contribution >= 0.6 is 11.6 Å². The quantitative estimate of drug-likeness (QED) is 0.893. The lowest BCUT2D eigenvalue weighted by Gasteiger charge is -2.34. The summed E-state index contributed by atoms with van der Waals surface area (Å²) in [6, 6.07) is 9.69. The summed E-state index contributed by atoms with van der Waals surface area (Å²) in [6.45, 7) is 1.70. The largest absolute Gasteiger partial charge is 0.459 e. The minimum Gasteiger partial charge on any atom is -0.459 e. The molecule has 3 amide bonds. The Hall–Kier alpha value is -2.98. The van der Waals surface area contributed by atoms with E-state index in [-0.39, 0.29) is 17.0 Å². The van der Waals surface area contributed by atoms with E-state index in [2.05, 4.69) is 5.32 Å². The molecule has 0 saturated carbocycles. The Morgan fingerprint density at radius 1 is 1.16 bits per heavy atom. The van der Waals surface area contributed by atoms with Gasteiger partial charge in [-0.15, -0.1) is 0 Å². The Morgan fingerprint density at radius 3 is 2.48 bits per heavy atom. The summed E-state index contributed by atoms with van der Waals surface area (Å²) in [5.41, 5.74) is 0.868. The number of amides is 3. The molecule has 3 rings (SSSR count). The predicted molar refractivity (Wildman–Crippen MR) is 91.4 cm³/mol. The van der Waals surface area contributed by atoms with E-state index < -0.39 is 0 Å². The van der Waals surface area contributed by atoms with Gasteiger partial charge in [0.2, 0.25) is 0 Å². The first kappa shape index (κ1) is 16.9. The van der Waals surface area contributed by atoms with Gasteiger partial charge in [0, 0.05) is 31.9 Å². The number of nitrogens with one attached hydrogen (secondary N) is 1. The van der Waals surface area contributed by atoms with Crippen molar-refractivity contribution in [2.75, 3.05) is 31.5 Å². The van der Waals surface area contributed by atoms with E-state index in [4.69, 9.17) is 21.3 Å². The van der Waals surface area contributed by atoms with E-state index >= 15 is 0 Å². The van der Waals surface area contributed by atoms with E-state index in [1.165, 1.54) is 12.3 Å². The first-order valence-electron chi connectivity index (χ1n) is 7.67. The van der Waals surface area contributed by atoms with Crippen LogP contribution in [-0.4, -0.2) is 47.9 Å². The highest BCUT2D eigenvalue weighted by Crippen LogP contribution is 2.20. The molecule has 128 valence electrons. The van der Waals surface area contributed by atoms with Crippen LogP contribution in [0.4, 0.5) is 10.5 Å². The molecule has 0 radical (unpaired) electrons. The Bertz CT molecular complexity index is 821. The molecule has 0 atom stereocenters. The number of carbonyl (C=O) groups excluding carboxylic acids is 2. The van der Waals surface area contributed by atoms with Crippen molar-refractivity contribution in [3.63, 3.8) is 0 Å². The molecule has 0 unspecified atom stereocenters. The number of furan rings is 1. The molecule has 7 nitrogen and oxygen atoms in total. The first-order valence-corrected chi connectivity index (χ1v) is 8.04. The second-order valence-corrected chi connectivity index (χ2v) is 5.90. The fourth-order valence-corrected chi connectivity index (χ4v) is 2.78. The van der Waals surface area contributed by atoms with Crippen molar-refractivity contribution >= 4 is 29.2 Å². The van der Waals surface area contributed by atoms with Gasteiger partial charge in [-0.05, 0) is 30.3 Å². The lowest BCUT2D eigenvalue weighted by Crippen LogP contribution is -2.51. The maximum atomic E-state index is 12.3. The van der Waals surface area contributed by atoms with Crippen LogP contribution in [0.5, 0.6) is 0 Å². The maximum absolute atomic E-state index is 12.3. The molecule has 1 saturated heterocycles. The monoisotopic (exact) mass is 358 g/mol. The van der Waals surface area contributed by atoms with Gasteiger partial charge in [-0.25, -0.2) is 4.79 Å². The lowest BCUT2D eigenvalue weighted by atomic mass is 10.2. The van der Waals surface area contributed by atoms with Crippen LogP contribution in [0.2, 0.25) is 5.02 Å². The molecular weight excluding hydrogens is 344 g/mol. The number of halogens is 1. The molecule has 1 fully saturated rings. The third kappa shape index (κ3) is 3.75. The van der Waals surface area contributed by atoms with Gasteiger partial charge in [-0.3, -0.25) is 4.79 Å². The Labute approximate surface area is 149 Å². The number of nitrogens with zero attached hydrogens (tertiary/aromatic N) is 3. The standard InChI is InChI=1S/C17H15ClN4O3/c18-14-10-13(4-3-12(14)11-19)20-17(24)22-7-5-21(6-8-22)16(23)15-2-1-9-25-15/h1-4,9-10H,5-8H2,(H,20,24). The summed E-state index contributed by atoms with van der Waals surface area (Å²) >= 11 is 5.96. The van der Waals surface area contributed by atoms with Crippen molar-refractivity contribution in [2.45, 2.75) is 0 Å². The Balaban J connectivity index is 1.56. The summed E-state index contributed by atoms with van der Waals surface area (Å²) in [7, 11) is 0. The molecular formula is C17H15ClN4O3. The molecule has 0 spiro atoms. The molecule has 1 aliphatic heterocycles. The number of hydrogen-bond donors (Lipinski definition) is 1. The summed E-state index contributed by atoms with van der Waals surface area (Å²) in [6.07, 6.45) is 1.46. The molecule has 1 aromatic heterocycles. The van der Waals surface area contributed by atoms with Crippen molar-refractivity contribution in [2.24, 2.45) is 0 Å². The van der Waals surface area contributed by atoms with Crippen molar-refractivity contribution in [3.8, 4) is 6.07 Å². The average molecular weight is 359 g/mol. The van der Waals surface area contributed by atoms with E-state index in [1.54, 1.807) is 34.1 Å². The van der Waals surface area contributed by atoms with Crippen molar-refractivity contribution in [1.82, 2.24) is 9.80 Å². The Morgan fingerprint density at radius 2 is 1.88 bits per heavy atom. The van der Waals surface area contributed by atoms with Gasteiger partial charge in [0.25, 0.3) is 5.91 Å². The van der Waals surface area contributed by atoms with Crippen LogP contribution in [-0.2, 0) is 0 Å². The van der Waals surface area contributed by atoms with Gasteiger partial charge >= 0.3 is 6.03 Å². The van der Waals surface area contributed by atoms with Crippen molar-refractivity contribution < 1.29 is 14.0 Å². The number of carbonyl (C=O) groups is 2. The third-order valence-electron chi connectivity index (χ3n) is 3.93. The van der Waals surface area contributed by atoms with Gasteiger partial charge in [-0.2, -0.15) is 5.26 Å². The number of urea groups is 1. The van der Waals surface area contributed by atoms with Crippen LogP contribution in [0.15, 0.2) is 41.0 Å². The molecule has 1 aromatic carbocycles. The number of anilines is 1. The summed E-state index contributed by atoms with van der Waals surface area (Å²) in [5.74, 6) is 0.119. The molecule has 1 aliphatic rings. The highest BCUT2D eigenvalue weighted by atomic mass is 35.5. The first-order chi connectivity index (χ1) is 12.1. The molecule has 8 heteroatoms. The highest BCUT2D eigenvalue weighted by molar-refractivity contribution is 6.32. The smallest absolute Gasteiger partial charge is 0.321 e. The molecule has 1 N–H and O–H groups in total. The fraction of sp³-hybridized carbons (Fsp3) is 0.235. The van der Waals surface area contributed by atoms with Gasteiger partial charge < -0.3 is 19.5 Å². The van der Waals surface area contributed by atoms with Gasteiger partial charge in [0.1, 0.15) is 6.07 Å². The number of hydrogen-bond acceptors (Lipinski definition) is 4. The van der Waals surface area contributed by atoms with Gasteiger partial charge in [0.05, 0.1) is 16.8 Å². The third-order valence-corrected chi connectivity index (χ3v) is 4.24. The predicted octanol–water partition coefficient (Wildman–Crippen LogP) is 2.79. The number of piperazine rings is 1. The summed E-state index contributed by atoms with van der Waals surface area (Å²) in [4.78, 5) is 27.8. The van der Waals surface area contributed by atoms with E-state index in [1.807, 2.05) is 6.07 Å². The Kier molecular flexibility index (Phi) is 4.91. The minimum atomic E-state index is -0.272. The number of benzene rings is 1. The van der Waals surface area contributed by atoms with Crippen molar-refractivity contribution in [1.29, 1.82) is 5.26 Å². The maximum Gasteiger partial charge on any atom is 0.321 e. The van der Waals surface area contributed by atoms with Crippen LogP contribution in [0.3, 0.4) is 0 Å². The van der Waals surface area contributed by atoms with Crippen LogP contribution in [0.1, 0.15) is 16.1 Å². The molecule has 0 bridgehead atoms. The topological polar surface area (TPSA) is 89.6 Å². The second kappa shape index (κ2) is 7.28. The average Bonchev–Trinajstić information content (AvgIpc) is 3.16. The number of rotatable bonds is 2. The lowest BCUT2D eigenvalue weighted by molar-refractivity contribution is 0.0640. The zero-order valence-electron chi connectivity index (χ0n) is 13.2.